The van der Waals surface area contributed by atoms with Gasteiger partial charge in [-0.25, -0.2) is 0 Å². The molecule has 2 nitrogen and oxygen atoms in total. The van der Waals surface area contributed by atoms with Crippen LogP contribution in [0.15, 0.2) is 0 Å². The molecular weight excluding hydrogens is 184 g/mol. The minimum absolute atomic E-state index is 0.631. The fraction of sp³-hybridized carbons (Fsp3) is 1.00. The highest BCUT2D eigenvalue weighted by Gasteiger charge is 2.44. The van der Waals surface area contributed by atoms with Crippen molar-refractivity contribution in [3.8, 4) is 0 Å². The molecule has 0 bridgehead atoms. The molecule has 1 aliphatic carbocycles. The van der Waals surface area contributed by atoms with E-state index in [1.165, 1.54) is 45.2 Å². The molecule has 1 heterocycles. The number of nitrogens with two attached hydrogens (primary N) is 1. The van der Waals surface area contributed by atoms with E-state index >= 15 is 0 Å². The molecule has 1 saturated heterocycles. The van der Waals surface area contributed by atoms with Gasteiger partial charge < -0.3 is 5.73 Å². The largest absolute Gasteiger partial charge is 0.330 e. The van der Waals surface area contributed by atoms with Gasteiger partial charge in [-0.05, 0) is 56.5 Å². The van der Waals surface area contributed by atoms with Crippen molar-refractivity contribution in [2.75, 3.05) is 19.6 Å². The Balaban J connectivity index is 1.88. The van der Waals surface area contributed by atoms with Crippen molar-refractivity contribution in [1.82, 2.24) is 4.90 Å². The number of nitrogens with zero attached hydrogens (tertiary/aromatic N) is 1. The van der Waals surface area contributed by atoms with Crippen LogP contribution in [0.25, 0.3) is 0 Å². The topological polar surface area (TPSA) is 29.3 Å². The van der Waals surface area contributed by atoms with Crippen LogP contribution in [0, 0.1) is 11.3 Å². The molecule has 0 spiro atoms. The van der Waals surface area contributed by atoms with E-state index in [9.17, 15) is 0 Å². The van der Waals surface area contributed by atoms with Gasteiger partial charge in [-0.1, -0.05) is 13.8 Å². The lowest BCUT2D eigenvalue weighted by molar-refractivity contribution is 0.165. The zero-order valence-electron chi connectivity index (χ0n) is 10.3. The second-order valence-electron chi connectivity index (χ2n) is 5.96. The molecule has 0 amide bonds. The van der Waals surface area contributed by atoms with Gasteiger partial charge in [0, 0.05) is 12.6 Å². The molecule has 1 aliphatic heterocycles. The molecular formula is C13H26N2. The summed E-state index contributed by atoms with van der Waals surface area (Å²) in [7, 11) is 0. The first-order valence-corrected chi connectivity index (χ1v) is 6.61. The Bertz CT molecular complexity index is 209. The maximum Gasteiger partial charge on any atom is 0.0119 e. The third-order valence-electron chi connectivity index (χ3n) is 4.35. The number of hydrogen-bond donors (Lipinski definition) is 1. The summed E-state index contributed by atoms with van der Waals surface area (Å²) in [6.07, 6.45) is 6.91. The second-order valence-corrected chi connectivity index (χ2v) is 5.96. The molecule has 1 atom stereocenters. The monoisotopic (exact) mass is 210 g/mol. The van der Waals surface area contributed by atoms with Gasteiger partial charge in [0.2, 0.25) is 0 Å². The van der Waals surface area contributed by atoms with Crippen LogP contribution in [0.1, 0.15) is 46.0 Å². The first kappa shape index (κ1) is 11.4. The van der Waals surface area contributed by atoms with Crippen LogP contribution in [0.2, 0.25) is 0 Å². The molecule has 2 aliphatic rings. The predicted octanol–water partition coefficient (Wildman–Crippen LogP) is 2.24. The minimum Gasteiger partial charge on any atom is -0.330 e. The maximum atomic E-state index is 5.70. The summed E-state index contributed by atoms with van der Waals surface area (Å²) in [6, 6.07) is 0.847. The molecule has 0 aromatic heterocycles. The smallest absolute Gasteiger partial charge is 0.0119 e. The lowest BCUT2D eigenvalue weighted by atomic mass is 9.98. The molecule has 0 radical (unpaired) electrons. The fourth-order valence-corrected chi connectivity index (χ4v) is 3.20. The number of likely N-dealkylation sites (tertiary alicyclic amines) is 1. The normalized spacial score (nSPS) is 30.0. The lowest BCUT2D eigenvalue weighted by Crippen LogP contribution is -2.38. The van der Waals surface area contributed by atoms with Gasteiger partial charge in [0.25, 0.3) is 0 Å². The van der Waals surface area contributed by atoms with E-state index < -0.39 is 0 Å². The summed E-state index contributed by atoms with van der Waals surface area (Å²) in [6.45, 7) is 8.26. The van der Waals surface area contributed by atoms with Gasteiger partial charge in [-0.2, -0.15) is 0 Å². The van der Waals surface area contributed by atoms with Crippen LogP contribution in [0.3, 0.4) is 0 Å². The number of hydrogen-bond acceptors (Lipinski definition) is 2. The Hall–Kier alpha value is -0.0800. The average molecular weight is 210 g/mol. The van der Waals surface area contributed by atoms with E-state index in [-0.39, 0.29) is 0 Å². The van der Waals surface area contributed by atoms with Crippen molar-refractivity contribution in [2.45, 2.75) is 52.0 Å². The van der Waals surface area contributed by atoms with Crippen LogP contribution in [-0.4, -0.2) is 30.6 Å². The Morgan fingerprint density at radius 1 is 1.40 bits per heavy atom. The second kappa shape index (κ2) is 4.42. The Labute approximate surface area is 94.2 Å². The first-order valence-electron chi connectivity index (χ1n) is 6.61. The zero-order valence-corrected chi connectivity index (χ0v) is 10.3. The van der Waals surface area contributed by atoms with E-state index in [1.807, 2.05) is 0 Å². The molecule has 2 fully saturated rings. The Morgan fingerprint density at radius 2 is 2.13 bits per heavy atom. The first-order chi connectivity index (χ1) is 7.17. The van der Waals surface area contributed by atoms with Crippen molar-refractivity contribution in [3.63, 3.8) is 0 Å². The van der Waals surface area contributed by atoms with Crippen LogP contribution in [0.4, 0.5) is 0 Å². The van der Waals surface area contributed by atoms with Gasteiger partial charge in [0.05, 0.1) is 0 Å². The van der Waals surface area contributed by atoms with Crippen LogP contribution < -0.4 is 5.73 Å². The van der Waals surface area contributed by atoms with Gasteiger partial charge in [0.15, 0.2) is 0 Å². The molecule has 88 valence electrons. The maximum absolute atomic E-state index is 5.70. The summed E-state index contributed by atoms with van der Waals surface area (Å²) in [5.74, 6) is 0.821. The predicted molar refractivity (Wildman–Crippen MR) is 64.8 cm³/mol. The molecule has 0 aromatic carbocycles. The summed E-state index contributed by atoms with van der Waals surface area (Å²) in [5.41, 5.74) is 6.34. The van der Waals surface area contributed by atoms with Crippen LogP contribution in [0.5, 0.6) is 0 Å². The summed E-state index contributed by atoms with van der Waals surface area (Å²) in [5, 5.41) is 0. The fourth-order valence-electron chi connectivity index (χ4n) is 3.20. The molecule has 15 heavy (non-hydrogen) atoms. The highest BCUT2D eigenvalue weighted by Crippen LogP contribution is 2.50. The highest BCUT2D eigenvalue weighted by atomic mass is 15.2. The van der Waals surface area contributed by atoms with Gasteiger partial charge in [-0.3, -0.25) is 4.90 Å². The molecule has 0 aromatic rings. The molecule has 1 saturated carbocycles. The van der Waals surface area contributed by atoms with E-state index in [0.29, 0.717) is 5.41 Å². The molecule has 1 unspecified atom stereocenters. The quantitative estimate of drug-likeness (QED) is 0.754. The Morgan fingerprint density at radius 3 is 2.67 bits per heavy atom. The summed E-state index contributed by atoms with van der Waals surface area (Å²) in [4.78, 5) is 2.74. The standard InChI is InChI=1S/C13H26N2/c1-11(2)12-4-3-9-15(12)10-13(5-6-13)7-8-14/h11-12H,3-10,14H2,1-2H3. The van der Waals surface area contributed by atoms with Gasteiger partial charge >= 0.3 is 0 Å². The summed E-state index contributed by atoms with van der Waals surface area (Å²) < 4.78 is 0. The molecule has 2 heteroatoms. The molecule has 2 rings (SSSR count). The van der Waals surface area contributed by atoms with Crippen LogP contribution in [-0.2, 0) is 0 Å². The van der Waals surface area contributed by atoms with E-state index in [4.69, 9.17) is 5.73 Å². The Kier molecular flexibility index (Phi) is 3.36. The van der Waals surface area contributed by atoms with Crippen molar-refractivity contribution in [3.05, 3.63) is 0 Å². The van der Waals surface area contributed by atoms with Crippen LogP contribution >= 0.6 is 0 Å². The lowest BCUT2D eigenvalue weighted by Gasteiger charge is -2.31. The van der Waals surface area contributed by atoms with Crippen molar-refractivity contribution >= 4 is 0 Å². The van der Waals surface area contributed by atoms with Crippen molar-refractivity contribution in [2.24, 2.45) is 17.1 Å². The zero-order chi connectivity index (χ0) is 10.9. The van der Waals surface area contributed by atoms with Crippen molar-refractivity contribution < 1.29 is 0 Å². The highest BCUT2D eigenvalue weighted by molar-refractivity contribution is 4.98. The summed E-state index contributed by atoms with van der Waals surface area (Å²) >= 11 is 0. The third kappa shape index (κ3) is 2.54. The van der Waals surface area contributed by atoms with E-state index in [0.717, 1.165) is 18.5 Å². The van der Waals surface area contributed by atoms with Gasteiger partial charge in [-0.15, -0.1) is 0 Å². The average Bonchev–Trinajstić information content (AvgIpc) is 2.77. The molecule has 2 N–H and O–H groups in total. The van der Waals surface area contributed by atoms with Gasteiger partial charge in [0.1, 0.15) is 0 Å². The SMILES string of the molecule is CC(C)C1CCCN1CC1(CCN)CC1. The third-order valence-corrected chi connectivity index (χ3v) is 4.35. The minimum atomic E-state index is 0.631. The van der Waals surface area contributed by atoms with E-state index in [2.05, 4.69) is 18.7 Å². The van der Waals surface area contributed by atoms with Crippen molar-refractivity contribution in [1.29, 1.82) is 0 Å². The number of rotatable bonds is 5. The van der Waals surface area contributed by atoms with E-state index in [1.54, 1.807) is 0 Å².